The normalized spacial score (nSPS) is 10.3. The summed E-state index contributed by atoms with van der Waals surface area (Å²) in [6, 6.07) is 3.60. The van der Waals surface area contributed by atoms with E-state index in [-0.39, 0.29) is 0 Å². The van der Waals surface area contributed by atoms with Crippen molar-refractivity contribution >= 4 is 11.5 Å². The number of nitrogen functional groups attached to an aromatic ring is 1. The minimum absolute atomic E-state index is 0.464. The molecule has 18 heavy (non-hydrogen) atoms. The molecular weight excluding hydrogens is 228 g/mol. The lowest BCUT2D eigenvalue weighted by Crippen LogP contribution is -2.13. The third-order valence-corrected chi connectivity index (χ3v) is 2.42. The molecule has 98 valence electrons. The van der Waals surface area contributed by atoms with Crippen LogP contribution in [-0.4, -0.2) is 24.7 Å². The van der Waals surface area contributed by atoms with Gasteiger partial charge in [0.05, 0.1) is 17.9 Å². The molecule has 0 atom stereocenters. The maximum absolute atomic E-state index is 8.68. The van der Waals surface area contributed by atoms with Gasteiger partial charge in [0.25, 0.3) is 0 Å². The van der Waals surface area contributed by atoms with Crippen LogP contribution in [0.2, 0.25) is 0 Å². The molecule has 0 aromatic carbocycles. The summed E-state index contributed by atoms with van der Waals surface area (Å²) in [5, 5.41) is 11.8. The molecule has 3 N–H and O–H groups in total. The number of nitriles is 1. The van der Waals surface area contributed by atoms with E-state index in [1.807, 2.05) is 6.07 Å². The topological polar surface area (TPSA) is 84.0 Å². The molecule has 0 radical (unpaired) electrons. The summed E-state index contributed by atoms with van der Waals surface area (Å²) in [7, 11) is 0. The van der Waals surface area contributed by atoms with Crippen molar-refractivity contribution in [2.24, 2.45) is 5.92 Å². The van der Waals surface area contributed by atoms with Crippen LogP contribution in [0.1, 0.15) is 25.8 Å². The standard InChI is InChI=1S/C13H20N4O/c1-10(2)3-5-18-6-4-16-13-12(15)7-11(8-14)9-17-13/h7,9-10H,3-6,15H2,1-2H3,(H,16,17). The van der Waals surface area contributed by atoms with Gasteiger partial charge in [0.1, 0.15) is 11.9 Å². The van der Waals surface area contributed by atoms with Crippen molar-refractivity contribution in [3.63, 3.8) is 0 Å². The second-order valence-electron chi connectivity index (χ2n) is 4.50. The summed E-state index contributed by atoms with van der Waals surface area (Å²) in [5.41, 5.74) is 6.71. The maximum atomic E-state index is 8.68. The van der Waals surface area contributed by atoms with Crippen LogP contribution >= 0.6 is 0 Å². The first-order valence-corrected chi connectivity index (χ1v) is 6.10. The Labute approximate surface area is 108 Å². The second-order valence-corrected chi connectivity index (χ2v) is 4.50. The van der Waals surface area contributed by atoms with Crippen LogP contribution in [0.5, 0.6) is 0 Å². The lowest BCUT2D eigenvalue weighted by Gasteiger charge is -2.09. The fraction of sp³-hybridized carbons (Fsp3) is 0.538. The van der Waals surface area contributed by atoms with Gasteiger partial charge in [0, 0.05) is 19.3 Å². The molecule has 0 saturated carbocycles. The highest BCUT2D eigenvalue weighted by molar-refractivity contribution is 5.62. The lowest BCUT2D eigenvalue weighted by molar-refractivity contribution is 0.132. The van der Waals surface area contributed by atoms with Crippen LogP contribution in [0.25, 0.3) is 0 Å². The van der Waals surface area contributed by atoms with Gasteiger partial charge in [-0.2, -0.15) is 5.26 Å². The predicted molar refractivity (Wildman–Crippen MR) is 72.1 cm³/mol. The van der Waals surface area contributed by atoms with Crippen LogP contribution in [0.3, 0.4) is 0 Å². The number of aromatic nitrogens is 1. The summed E-state index contributed by atoms with van der Waals surface area (Å²) < 4.78 is 5.47. The van der Waals surface area contributed by atoms with E-state index < -0.39 is 0 Å². The van der Waals surface area contributed by atoms with Gasteiger partial charge < -0.3 is 15.8 Å². The average molecular weight is 248 g/mol. The zero-order valence-corrected chi connectivity index (χ0v) is 10.9. The Kier molecular flexibility index (Phi) is 5.95. The van der Waals surface area contributed by atoms with E-state index in [1.165, 1.54) is 6.20 Å². The molecule has 5 heteroatoms. The van der Waals surface area contributed by atoms with Crippen molar-refractivity contribution in [2.45, 2.75) is 20.3 Å². The quantitative estimate of drug-likeness (QED) is 0.721. The molecule has 0 unspecified atom stereocenters. The summed E-state index contributed by atoms with van der Waals surface area (Å²) in [6.07, 6.45) is 2.57. The van der Waals surface area contributed by atoms with Crippen molar-refractivity contribution in [1.82, 2.24) is 4.98 Å². The number of rotatable bonds is 7. The van der Waals surface area contributed by atoms with Crippen molar-refractivity contribution in [3.05, 3.63) is 17.8 Å². The molecule has 1 aromatic heterocycles. The highest BCUT2D eigenvalue weighted by Crippen LogP contribution is 2.15. The number of hydrogen-bond acceptors (Lipinski definition) is 5. The predicted octanol–water partition coefficient (Wildman–Crippen LogP) is 2.01. The molecular formula is C13H20N4O. The third-order valence-electron chi connectivity index (χ3n) is 2.42. The van der Waals surface area contributed by atoms with E-state index in [0.29, 0.717) is 36.1 Å². The van der Waals surface area contributed by atoms with E-state index in [1.54, 1.807) is 6.07 Å². The Morgan fingerprint density at radius 2 is 2.28 bits per heavy atom. The molecule has 0 spiro atoms. The van der Waals surface area contributed by atoms with E-state index in [4.69, 9.17) is 15.7 Å². The highest BCUT2D eigenvalue weighted by atomic mass is 16.5. The van der Waals surface area contributed by atoms with Gasteiger partial charge in [-0.1, -0.05) is 13.8 Å². The van der Waals surface area contributed by atoms with E-state index >= 15 is 0 Å². The summed E-state index contributed by atoms with van der Waals surface area (Å²) >= 11 is 0. The van der Waals surface area contributed by atoms with Crippen molar-refractivity contribution < 1.29 is 4.74 Å². The van der Waals surface area contributed by atoms with Crippen molar-refractivity contribution in [3.8, 4) is 6.07 Å². The van der Waals surface area contributed by atoms with E-state index in [0.717, 1.165) is 13.0 Å². The Balaban J connectivity index is 2.25. The van der Waals surface area contributed by atoms with Crippen LogP contribution in [0, 0.1) is 17.2 Å². The summed E-state index contributed by atoms with van der Waals surface area (Å²) in [5.74, 6) is 1.26. The molecule has 0 saturated heterocycles. The Morgan fingerprint density at radius 1 is 1.50 bits per heavy atom. The van der Waals surface area contributed by atoms with Crippen LogP contribution in [0.4, 0.5) is 11.5 Å². The van der Waals surface area contributed by atoms with Crippen molar-refractivity contribution in [2.75, 3.05) is 30.8 Å². The SMILES string of the molecule is CC(C)CCOCCNc1ncc(C#N)cc1N. The molecule has 0 bridgehead atoms. The van der Waals surface area contributed by atoms with Crippen LogP contribution in [0.15, 0.2) is 12.3 Å². The smallest absolute Gasteiger partial charge is 0.149 e. The number of nitrogens with one attached hydrogen (secondary N) is 1. The first kappa shape index (κ1) is 14.3. The lowest BCUT2D eigenvalue weighted by atomic mass is 10.1. The van der Waals surface area contributed by atoms with Gasteiger partial charge in [-0.15, -0.1) is 0 Å². The number of ether oxygens (including phenoxy) is 1. The molecule has 1 heterocycles. The van der Waals surface area contributed by atoms with Gasteiger partial charge in [-0.25, -0.2) is 4.98 Å². The molecule has 0 amide bonds. The van der Waals surface area contributed by atoms with Gasteiger partial charge in [0.15, 0.2) is 0 Å². The van der Waals surface area contributed by atoms with Crippen LogP contribution in [-0.2, 0) is 4.74 Å². The molecule has 0 aliphatic rings. The Bertz CT molecular complexity index is 412. The average Bonchev–Trinajstić information content (AvgIpc) is 2.34. The number of pyridine rings is 1. The molecule has 1 aromatic rings. The minimum Gasteiger partial charge on any atom is -0.396 e. The molecule has 0 aliphatic heterocycles. The van der Waals surface area contributed by atoms with Crippen LogP contribution < -0.4 is 11.1 Å². The van der Waals surface area contributed by atoms with Gasteiger partial charge in [0.2, 0.25) is 0 Å². The zero-order chi connectivity index (χ0) is 13.4. The van der Waals surface area contributed by atoms with Gasteiger partial charge in [-0.3, -0.25) is 0 Å². The van der Waals surface area contributed by atoms with Crippen molar-refractivity contribution in [1.29, 1.82) is 5.26 Å². The number of nitrogens with zero attached hydrogens (tertiary/aromatic N) is 2. The zero-order valence-electron chi connectivity index (χ0n) is 10.9. The summed E-state index contributed by atoms with van der Waals surface area (Å²) in [6.45, 7) is 6.39. The Hall–Kier alpha value is -1.80. The number of hydrogen-bond donors (Lipinski definition) is 2. The van der Waals surface area contributed by atoms with Gasteiger partial charge >= 0.3 is 0 Å². The Morgan fingerprint density at radius 3 is 2.89 bits per heavy atom. The minimum atomic E-state index is 0.464. The first-order valence-electron chi connectivity index (χ1n) is 6.10. The van der Waals surface area contributed by atoms with E-state index in [2.05, 4.69) is 24.1 Å². The fourth-order valence-corrected chi connectivity index (χ4v) is 1.35. The number of nitrogens with two attached hydrogens (primary N) is 1. The molecule has 5 nitrogen and oxygen atoms in total. The maximum Gasteiger partial charge on any atom is 0.149 e. The fourth-order valence-electron chi connectivity index (χ4n) is 1.35. The monoisotopic (exact) mass is 248 g/mol. The third kappa shape index (κ3) is 5.02. The van der Waals surface area contributed by atoms with Gasteiger partial charge in [-0.05, 0) is 18.4 Å². The largest absolute Gasteiger partial charge is 0.396 e. The second kappa shape index (κ2) is 7.51. The highest BCUT2D eigenvalue weighted by Gasteiger charge is 2.01. The molecule has 1 rings (SSSR count). The molecule has 0 aliphatic carbocycles. The number of anilines is 2. The first-order chi connectivity index (χ1) is 8.63. The van der Waals surface area contributed by atoms with E-state index in [9.17, 15) is 0 Å². The molecule has 0 fully saturated rings. The summed E-state index contributed by atoms with van der Waals surface area (Å²) in [4.78, 5) is 4.08.